The van der Waals surface area contributed by atoms with Crippen molar-refractivity contribution in [1.82, 2.24) is 0 Å². The van der Waals surface area contributed by atoms with Gasteiger partial charge in [0.25, 0.3) is 0 Å². The van der Waals surface area contributed by atoms with Crippen LogP contribution < -0.4 is 0 Å². The summed E-state index contributed by atoms with van der Waals surface area (Å²) in [6.07, 6.45) is 4.08. The van der Waals surface area contributed by atoms with Crippen LogP contribution in [-0.2, 0) is 9.53 Å². The molecule has 0 aromatic rings. The minimum absolute atomic E-state index is 0.438. The van der Waals surface area contributed by atoms with Crippen LogP contribution in [0.2, 0.25) is 0 Å². The summed E-state index contributed by atoms with van der Waals surface area (Å²) in [6.45, 7) is 3.12. The van der Waals surface area contributed by atoms with Gasteiger partial charge in [-0.1, -0.05) is 19.8 Å². The van der Waals surface area contributed by atoms with Gasteiger partial charge in [-0.2, -0.15) is 0 Å². The number of unbranched alkanes of at least 4 members (excludes halogenated alkanes) is 1. The first-order valence-electron chi connectivity index (χ1n) is 6.13. The molecule has 0 bridgehead atoms. The molecule has 0 aromatic carbocycles. The second kappa shape index (κ2) is 6.21. The van der Waals surface area contributed by atoms with E-state index in [4.69, 9.17) is 4.74 Å². The van der Waals surface area contributed by atoms with Crippen LogP contribution in [0.3, 0.4) is 0 Å². The molecular formula is C12H22O4. The molecule has 4 nitrogen and oxygen atoms in total. The largest absolute Gasteiger partial charge is 0.481 e. The number of carboxylic acid groups (broad SMARTS) is 1. The van der Waals surface area contributed by atoms with Gasteiger partial charge in [0.2, 0.25) is 0 Å². The summed E-state index contributed by atoms with van der Waals surface area (Å²) in [5.41, 5.74) is -1.07. The summed E-state index contributed by atoms with van der Waals surface area (Å²) in [5, 5.41) is 19.7. The van der Waals surface area contributed by atoms with E-state index in [0.717, 1.165) is 19.3 Å². The van der Waals surface area contributed by atoms with Crippen molar-refractivity contribution in [2.45, 2.75) is 51.0 Å². The Morgan fingerprint density at radius 2 is 2.19 bits per heavy atom. The molecule has 0 saturated carbocycles. The fourth-order valence-electron chi connectivity index (χ4n) is 2.34. The molecular weight excluding hydrogens is 208 g/mol. The van der Waals surface area contributed by atoms with Gasteiger partial charge in [-0.3, -0.25) is 4.79 Å². The molecule has 0 radical (unpaired) electrons. The van der Waals surface area contributed by atoms with Crippen molar-refractivity contribution in [3.63, 3.8) is 0 Å². The quantitative estimate of drug-likeness (QED) is 0.756. The topological polar surface area (TPSA) is 66.8 Å². The monoisotopic (exact) mass is 230 g/mol. The average Bonchev–Trinajstić information content (AvgIpc) is 2.44. The van der Waals surface area contributed by atoms with Crippen molar-refractivity contribution in [2.24, 2.45) is 5.92 Å². The van der Waals surface area contributed by atoms with Crippen molar-refractivity contribution in [3.05, 3.63) is 0 Å². The molecule has 1 heterocycles. The van der Waals surface area contributed by atoms with Crippen LogP contribution in [0.4, 0.5) is 0 Å². The van der Waals surface area contributed by atoms with Crippen molar-refractivity contribution in [3.8, 4) is 0 Å². The smallest absolute Gasteiger partial charge is 0.309 e. The molecule has 1 fully saturated rings. The highest BCUT2D eigenvalue weighted by atomic mass is 16.5. The summed E-state index contributed by atoms with van der Waals surface area (Å²) in [7, 11) is 0. The zero-order chi connectivity index (χ0) is 12.0. The van der Waals surface area contributed by atoms with E-state index in [9.17, 15) is 15.0 Å². The fourth-order valence-corrected chi connectivity index (χ4v) is 2.34. The summed E-state index contributed by atoms with van der Waals surface area (Å²) in [5.74, 6) is -1.52. The second-order valence-electron chi connectivity index (χ2n) is 4.60. The van der Waals surface area contributed by atoms with Crippen LogP contribution >= 0.6 is 0 Å². The van der Waals surface area contributed by atoms with Crippen molar-refractivity contribution >= 4 is 5.97 Å². The lowest BCUT2D eigenvalue weighted by Gasteiger charge is -2.32. The van der Waals surface area contributed by atoms with Crippen molar-refractivity contribution < 1.29 is 19.7 Å². The highest BCUT2D eigenvalue weighted by molar-refractivity contribution is 5.71. The SMILES string of the molecule is CCCCC(C(=O)O)C1(O)CCCOCC1. The average molecular weight is 230 g/mol. The minimum atomic E-state index is -1.07. The van der Waals surface area contributed by atoms with Gasteiger partial charge in [0.05, 0.1) is 11.5 Å². The number of aliphatic hydroxyl groups is 1. The van der Waals surface area contributed by atoms with Crippen LogP contribution in [0, 0.1) is 5.92 Å². The number of carboxylic acids is 1. The lowest BCUT2D eigenvalue weighted by molar-refractivity contribution is -0.154. The molecule has 0 aliphatic carbocycles. The molecule has 94 valence electrons. The fraction of sp³-hybridized carbons (Fsp3) is 0.917. The minimum Gasteiger partial charge on any atom is -0.481 e. The molecule has 1 aliphatic rings. The lowest BCUT2D eigenvalue weighted by Crippen LogP contribution is -2.42. The zero-order valence-electron chi connectivity index (χ0n) is 9.95. The van der Waals surface area contributed by atoms with E-state index in [1.54, 1.807) is 0 Å². The van der Waals surface area contributed by atoms with E-state index in [-0.39, 0.29) is 0 Å². The predicted octanol–water partition coefficient (Wildman–Crippen LogP) is 1.81. The highest BCUT2D eigenvalue weighted by Gasteiger charge is 2.41. The molecule has 2 unspecified atom stereocenters. The number of aliphatic carboxylic acids is 1. The predicted molar refractivity (Wildman–Crippen MR) is 60.3 cm³/mol. The van der Waals surface area contributed by atoms with E-state index in [2.05, 4.69) is 0 Å². The Balaban J connectivity index is 2.68. The number of ether oxygens (including phenoxy) is 1. The Labute approximate surface area is 96.6 Å². The standard InChI is InChI=1S/C12H22O4/c1-2-3-5-10(11(13)14)12(15)6-4-8-16-9-7-12/h10,15H,2-9H2,1H3,(H,13,14). The molecule has 1 rings (SSSR count). The van der Waals surface area contributed by atoms with Gasteiger partial charge in [0.15, 0.2) is 0 Å². The first-order chi connectivity index (χ1) is 7.60. The molecule has 1 aliphatic heterocycles. The highest BCUT2D eigenvalue weighted by Crippen LogP contribution is 2.32. The third-order valence-electron chi connectivity index (χ3n) is 3.37. The Kier molecular flexibility index (Phi) is 5.22. The van der Waals surface area contributed by atoms with Gasteiger partial charge in [0, 0.05) is 19.6 Å². The van der Waals surface area contributed by atoms with E-state index < -0.39 is 17.5 Å². The van der Waals surface area contributed by atoms with E-state index in [1.165, 1.54) is 0 Å². The first-order valence-corrected chi connectivity index (χ1v) is 6.13. The summed E-state index contributed by atoms with van der Waals surface area (Å²) in [4.78, 5) is 11.2. The number of hydrogen-bond acceptors (Lipinski definition) is 3. The van der Waals surface area contributed by atoms with Gasteiger partial charge in [-0.15, -0.1) is 0 Å². The van der Waals surface area contributed by atoms with E-state index in [0.29, 0.717) is 32.5 Å². The number of rotatable bonds is 5. The van der Waals surface area contributed by atoms with Gasteiger partial charge in [-0.25, -0.2) is 0 Å². The third-order valence-corrected chi connectivity index (χ3v) is 3.37. The van der Waals surface area contributed by atoms with Gasteiger partial charge in [-0.05, 0) is 19.3 Å². The molecule has 0 spiro atoms. The summed E-state index contributed by atoms with van der Waals surface area (Å²) in [6, 6.07) is 0. The maximum absolute atomic E-state index is 11.2. The van der Waals surface area contributed by atoms with Gasteiger partial charge in [0.1, 0.15) is 0 Å². The first kappa shape index (κ1) is 13.5. The Morgan fingerprint density at radius 1 is 1.44 bits per heavy atom. The van der Waals surface area contributed by atoms with Crippen LogP contribution in [0.15, 0.2) is 0 Å². The van der Waals surface area contributed by atoms with Gasteiger partial charge >= 0.3 is 5.97 Å². The molecule has 4 heteroatoms. The van der Waals surface area contributed by atoms with E-state index in [1.807, 2.05) is 6.92 Å². The molecule has 2 N–H and O–H groups in total. The Morgan fingerprint density at radius 3 is 2.81 bits per heavy atom. The summed E-state index contributed by atoms with van der Waals surface area (Å²) < 4.78 is 5.27. The van der Waals surface area contributed by atoms with Crippen molar-refractivity contribution in [2.75, 3.05) is 13.2 Å². The summed E-state index contributed by atoms with van der Waals surface area (Å²) >= 11 is 0. The van der Waals surface area contributed by atoms with E-state index >= 15 is 0 Å². The van der Waals surface area contributed by atoms with Crippen molar-refractivity contribution in [1.29, 1.82) is 0 Å². The second-order valence-corrected chi connectivity index (χ2v) is 4.60. The maximum atomic E-state index is 11.2. The van der Waals surface area contributed by atoms with Crippen LogP contribution in [-0.4, -0.2) is 35.0 Å². The maximum Gasteiger partial charge on any atom is 0.309 e. The third kappa shape index (κ3) is 3.46. The molecule has 1 saturated heterocycles. The Bertz CT molecular complexity index is 219. The molecule has 0 aromatic heterocycles. The van der Waals surface area contributed by atoms with Crippen LogP contribution in [0.25, 0.3) is 0 Å². The zero-order valence-corrected chi connectivity index (χ0v) is 9.95. The molecule has 2 atom stereocenters. The van der Waals surface area contributed by atoms with Crippen LogP contribution in [0.1, 0.15) is 45.4 Å². The van der Waals surface area contributed by atoms with Crippen LogP contribution in [0.5, 0.6) is 0 Å². The Hall–Kier alpha value is -0.610. The normalized spacial score (nSPS) is 28.4. The lowest BCUT2D eigenvalue weighted by atomic mass is 9.78. The number of hydrogen-bond donors (Lipinski definition) is 2. The molecule has 16 heavy (non-hydrogen) atoms. The number of carbonyl (C=O) groups is 1. The molecule has 0 amide bonds. The van der Waals surface area contributed by atoms with Gasteiger partial charge < -0.3 is 14.9 Å².